The van der Waals surface area contributed by atoms with Gasteiger partial charge in [0, 0.05) is 58.2 Å². The minimum Gasteiger partial charge on any atom is -0.363 e. The third-order valence-corrected chi connectivity index (χ3v) is 6.15. The fraction of sp³-hybridized carbons (Fsp3) is 0.250. The quantitative estimate of drug-likeness (QED) is 0.428. The van der Waals surface area contributed by atoms with Crippen LogP contribution in [0.25, 0.3) is 0 Å². The Morgan fingerprint density at radius 1 is 0.771 bits per heavy atom. The molecule has 1 saturated heterocycles. The van der Waals surface area contributed by atoms with Crippen LogP contribution in [-0.4, -0.2) is 55.2 Å². The molecule has 3 heterocycles. The van der Waals surface area contributed by atoms with Crippen LogP contribution >= 0.6 is 0 Å². The van der Waals surface area contributed by atoms with Crippen LogP contribution in [0.2, 0.25) is 0 Å². The number of pyridine rings is 1. The molecule has 5 rings (SSSR count). The molecule has 2 aromatic carbocycles. The SMILES string of the molecule is CN(C)c1cc(Nc2cccc(Cc3ccccc3)c2)nc(N2CCN(c3ccccn3)CC2)n1. The standard InChI is InChI=1S/C28H31N7/c1-33(2)27-21-25(30-24-12-8-11-23(20-24)19-22-9-4-3-5-10-22)31-28(32-27)35-17-15-34(16-18-35)26-13-6-7-14-29-26/h3-14,20-21H,15-19H2,1-2H3,(H,30,31,32). The lowest BCUT2D eigenvalue weighted by molar-refractivity contribution is 0.635. The van der Waals surface area contributed by atoms with E-state index in [1.807, 2.05) is 43.4 Å². The predicted molar refractivity (Wildman–Crippen MR) is 144 cm³/mol. The lowest BCUT2D eigenvalue weighted by Crippen LogP contribution is -2.47. The van der Waals surface area contributed by atoms with E-state index in [0.29, 0.717) is 0 Å². The van der Waals surface area contributed by atoms with Crippen molar-refractivity contribution in [1.29, 1.82) is 0 Å². The number of piperazine rings is 1. The normalized spacial score (nSPS) is 13.5. The molecule has 4 aromatic rings. The van der Waals surface area contributed by atoms with Crippen molar-refractivity contribution in [3.8, 4) is 0 Å². The summed E-state index contributed by atoms with van der Waals surface area (Å²) in [6, 6.07) is 27.1. The zero-order valence-corrected chi connectivity index (χ0v) is 20.3. The number of hydrogen-bond donors (Lipinski definition) is 1. The Bertz CT molecular complexity index is 1240. The molecule has 2 aromatic heterocycles. The molecule has 1 aliphatic heterocycles. The number of nitrogens with zero attached hydrogens (tertiary/aromatic N) is 6. The maximum absolute atomic E-state index is 4.89. The van der Waals surface area contributed by atoms with Gasteiger partial charge in [-0.05, 0) is 41.8 Å². The molecule has 178 valence electrons. The van der Waals surface area contributed by atoms with Gasteiger partial charge in [-0.2, -0.15) is 9.97 Å². The molecule has 0 saturated carbocycles. The van der Waals surface area contributed by atoms with Crippen molar-refractivity contribution in [2.24, 2.45) is 0 Å². The van der Waals surface area contributed by atoms with Gasteiger partial charge in [0.15, 0.2) is 0 Å². The first kappa shape index (κ1) is 22.7. The van der Waals surface area contributed by atoms with Gasteiger partial charge < -0.3 is 20.0 Å². The largest absolute Gasteiger partial charge is 0.363 e. The van der Waals surface area contributed by atoms with Gasteiger partial charge in [-0.25, -0.2) is 4.98 Å². The van der Waals surface area contributed by atoms with Gasteiger partial charge in [-0.1, -0.05) is 48.5 Å². The van der Waals surface area contributed by atoms with Gasteiger partial charge in [0.1, 0.15) is 17.5 Å². The first-order chi connectivity index (χ1) is 17.1. The Balaban J connectivity index is 1.32. The van der Waals surface area contributed by atoms with Crippen LogP contribution in [0.4, 0.5) is 29.1 Å². The summed E-state index contributed by atoms with van der Waals surface area (Å²) in [5, 5.41) is 3.51. The van der Waals surface area contributed by atoms with Crippen LogP contribution in [0.5, 0.6) is 0 Å². The van der Waals surface area contributed by atoms with Gasteiger partial charge in [-0.15, -0.1) is 0 Å². The van der Waals surface area contributed by atoms with E-state index in [2.05, 4.69) is 80.8 Å². The summed E-state index contributed by atoms with van der Waals surface area (Å²) in [5.74, 6) is 3.44. The Kier molecular flexibility index (Phi) is 6.75. The maximum atomic E-state index is 4.89. The van der Waals surface area contributed by atoms with Gasteiger partial charge in [-0.3, -0.25) is 0 Å². The van der Waals surface area contributed by atoms with Gasteiger partial charge in [0.2, 0.25) is 5.95 Å². The second-order valence-electron chi connectivity index (χ2n) is 8.96. The van der Waals surface area contributed by atoms with Crippen molar-refractivity contribution >= 4 is 29.1 Å². The fourth-order valence-electron chi connectivity index (χ4n) is 4.27. The summed E-state index contributed by atoms with van der Waals surface area (Å²) >= 11 is 0. The lowest BCUT2D eigenvalue weighted by atomic mass is 10.0. The third kappa shape index (κ3) is 5.69. The van der Waals surface area contributed by atoms with E-state index in [-0.39, 0.29) is 0 Å². The molecular weight excluding hydrogens is 434 g/mol. The van der Waals surface area contributed by atoms with Crippen molar-refractivity contribution in [1.82, 2.24) is 15.0 Å². The smallest absolute Gasteiger partial charge is 0.229 e. The Hall–Kier alpha value is -4.13. The van der Waals surface area contributed by atoms with E-state index < -0.39 is 0 Å². The third-order valence-electron chi connectivity index (χ3n) is 6.15. The summed E-state index contributed by atoms with van der Waals surface area (Å²) in [7, 11) is 4.02. The maximum Gasteiger partial charge on any atom is 0.229 e. The first-order valence-electron chi connectivity index (χ1n) is 12.0. The van der Waals surface area contributed by atoms with E-state index in [9.17, 15) is 0 Å². The Labute approximate surface area is 207 Å². The van der Waals surface area contributed by atoms with Crippen molar-refractivity contribution < 1.29 is 0 Å². The Morgan fingerprint density at radius 2 is 1.51 bits per heavy atom. The average molecular weight is 466 g/mol. The second-order valence-corrected chi connectivity index (χ2v) is 8.96. The van der Waals surface area contributed by atoms with Crippen LogP contribution in [0.1, 0.15) is 11.1 Å². The monoisotopic (exact) mass is 465 g/mol. The van der Waals surface area contributed by atoms with Crippen molar-refractivity contribution in [3.63, 3.8) is 0 Å². The number of rotatable bonds is 7. The molecule has 0 radical (unpaired) electrons. The molecule has 0 spiro atoms. The minimum atomic E-state index is 0.750. The molecular formula is C28H31N7. The van der Waals surface area contributed by atoms with E-state index >= 15 is 0 Å². The van der Waals surface area contributed by atoms with E-state index in [1.165, 1.54) is 11.1 Å². The summed E-state index contributed by atoms with van der Waals surface area (Å²) in [6.07, 6.45) is 2.74. The van der Waals surface area contributed by atoms with Crippen LogP contribution < -0.4 is 20.0 Å². The van der Waals surface area contributed by atoms with Crippen LogP contribution in [-0.2, 0) is 6.42 Å². The molecule has 0 aliphatic carbocycles. The fourth-order valence-corrected chi connectivity index (χ4v) is 4.27. The van der Waals surface area contributed by atoms with Crippen LogP contribution in [0, 0.1) is 0 Å². The topological polar surface area (TPSA) is 60.4 Å². The van der Waals surface area contributed by atoms with Crippen molar-refractivity contribution in [2.75, 3.05) is 60.3 Å². The molecule has 0 unspecified atom stereocenters. The number of hydrogen-bond acceptors (Lipinski definition) is 7. The summed E-state index contributed by atoms with van der Waals surface area (Å²) in [5.41, 5.74) is 3.58. The molecule has 1 aliphatic rings. The van der Waals surface area contributed by atoms with Gasteiger partial charge >= 0.3 is 0 Å². The van der Waals surface area contributed by atoms with E-state index in [4.69, 9.17) is 9.97 Å². The number of benzene rings is 2. The molecule has 35 heavy (non-hydrogen) atoms. The molecule has 0 bridgehead atoms. The van der Waals surface area contributed by atoms with Gasteiger partial charge in [0.25, 0.3) is 0 Å². The highest BCUT2D eigenvalue weighted by atomic mass is 15.3. The van der Waals surface area contributed by atoms with Crippen molar-refractivity contribution in [3.05, 3.63) is 96.2 Å². The molecule has 1 fully saturated rings. The highest BCUT2D eigenvalue weighted by Crippen LogP contribution is 2.25. The van der Waals surface area contributed by atoms with Crippen LogP contribution in [0.3, 0.4) is 0 Å². The van der Waals surface area contributed by atoms with E-state index in [1.54, 1.807) is 0 Å². The van der Waals surface area contributed by atoms with Crippen LogP contribution in [0.15, 0.2) is 85.1 Å². The van der Waals surface area contributed by atoms with Gasteiger partial charge in [0.05, 0.1) is 0 Å². The molecule has 7 nitrogen and oxygen atoms in total. The Morgan fingerprint density at radius 3 is 2.26 bits per heavy atom. The summed E-state index contributed by atoms with van der Waals surface area (Å²) in [6.45, 7) is 3.46. The molecule has 7 heteroatoms. The number of anilines is 5. The van der Waals surface area contributed by atoms with Crippen molar-refractivity contribution in [2.45, 2.75) is 6.42 Å². The first-order valence-corrected chi connectivity index (χ1v) is 12.0. The molecule has 1 N–H and O–H groups in total. The van der Waals surface area contributed by atoms with E-state index in [0.717, 1.165) is 61.7 Å². The number of nitrogens with one attached hydrogen (secondary N) is 1. The summed E-state index contributed by atoms with van der Waals surface area (Å²) in [4.78, 5) is 20.8. The molecule has 0 atom stereocenters. The average Bonchev–Trinajstić information content (AvgIpc) is 2.90. The summed E-state index contributed by atoms with van der Waals surface area (Å²) < 4.78 is 0. The predicted octanol–water partition coefficient (Wildman–Crippen LogP) is 4.60. The second kappa shape index (κ2) is 10.4. The minimum absolute atomic E-state index is 0.750. The zero-order valence-electron chi connectivity index (χ0n) is 20.3. The lowest BCUT2D eigenvalue weighted by Gasteiger charge is -2.35. The molecule has 0 amide bonds. The zero-order chi connectivity index (χ0) is 24.0. The highest BCUT2D eigenvalue weighted by molar-refractivity contribution is 5.62. The highest BCUT2D eigenvalue weighted by Gasteiger charge is 2.21. The number of aromatic nitrogens is 3.